The van der Waals surface area contributed by atoms with Gasteiger partial charge in [-0.25, -0.2) is 0 Å². The van der Waals surface area contributed by atoms with E-state index in [1.165, 1.54) is 0 Å². The lowest BCUT2D eigenvalue weighted by Gasteiger charge is -2.27. The second-order valence-electron chi connectivity index (χ2n) is 2.37. The molecule has 0 aromatic rings. The maximum absolute atomic E-state index is 8.81. The van der Waals surface area contributed by atoms with E-state index in [4.69, 9.17) is 9.84 Å². The van der Waals surface area contributed by atoms with Crippen molar-refractivity contribution in [3.63, 3.8) is 0 Å². The van der Waals surface area contributed by atoms with Gasteiger partial charge in [-0.15, -0.1) is 0 Å². The van der Waals surface area contributed by atoms with E-state index in [9.17, 15) is 0 Å². The number of hydrogen-bond donors (Lipinski definition) is 1. The number of aliphatic hydroxyl groups excluding tert-OH is 1. The highest BCUT2D eigenvalue weighted by molar-refractivity contribution is 4.68. The third kappa shape index (κ3) is 1.46. The van der Waals surface area contributed by atoms with Crippen LogP contribution in [0.25, 0.3) is 0 Å². The van der Waals surface area contributed by atoms with Crippen LogP contribution in [-0.2, 0) is 4.74 Å². The third-order valence-corrected chi connectivity index (χ3v) is 1.40. The fourth-order valence-corrected chi connectivity index (χ4v) is 0.851. The van der Waals surface area contributed by atoms with Crippen LogP contribution < -0.4 is 0 Å². The zero-order valence-electron chi connectivity index (χ0n) is 5.13. The Labute approximate surface area is 49.5 Å². The van der Waals surface area contributed by atoms with Gasteiger partial charge in [-0.05, 0) is 19.8 Å². The summed E-state index contributed by atoms with van der Waals surface area (Å²) in [7, 11) is 0. The minimum absolute atomic E-state index is 0.194. The van der Waals surface area contributed by atoms with Crippen molar-refractivity contribution < 1.29 is 9.84 Å². The van der Waals surface area contributed by atoms with Gasteiger partial charge in [0.05, 0.1) is 12.2 Å². The molecule has 1 heterocycles. The molecule has 0 bridgehead atoms. The van der Waals surface area contributed by atoms with Crippen molar-refractivity contribution in [2.24, 2.45) is 0 Å². The zero-order chi connectivity index (χ0) is 5.98. The molecule has 8 heavy (non-hydrogen) atoms. The Balaban J connectivity index is 2.01. The average Bonchev–Trinajstić information content (AvgIpc) is 1.55. The predicted octanol–water partition coefficient (Wildman–Crippen LogP) is 0.546. The minimum Gasteiger partial charge on any atom is -0.393 e. The molecule has 0 aromatic heterocycles. The van der Waals surface area contributed by atoms with E-state index in [1.807, 2.05) is 0 Å². The highest BCUT2D eigenvalue weighted by Crippen LogP contribution is 2.15. The largest absolute Gasteiger partial charge is 0.393 e. The maximum Gasteiger partial charge on any atom is 0.0621 e. The van der Waals surface area contributed by atoms with Crippen LogP contribution >= 0.6 is 0 Å². The van der Waals surface area contributed by atoms with Crippen LogP contribution in [0.5, 0.6) is 0 Å². The normalized spacial score (nSPS) is 31.5. The average molecular weight is 116 g/mol. The van der Waals surface area contributed by atoms with Gasteiger partial charge in [0.2, 0.25) is 0 Å². The van der Waals surface area contributed by atoms with Gasteiger partial charge < -0.3 is 9.84 Å². The first kappa shape index (κ1) is 6.05. The first-order chi connectivity index (χ1) is 3.79. The zero-order valence-corrected chi connectivity index (χ0v) is 5.13. The van der Waals surface area contributed by atoms with E-state index < -0.39 is 0 Å². The molecular weight excluding hydrogens is 104 g/mol. The number of hydrogen-bond acceptors (Lipinski definition) is 2. The summed E-state index contributed by atoms with van der Waals surface area (Å²) in [6, 6.07) is 0. The molecule has 0 amide bonds. The number of ether oxygens (including phenoxy) is 1. The van der Waals surface area contributed by atoms with Gasteiger partial charge in [-0.3, -0.25) is 0 Å². The molecule has 1 N–H and O–H groups in total. The standard InChI is InChI=1S/C6H12O2/c1-5(7)4-6-2-3-8-6/h5-7H,2-4H2,1H3. The molecule has 2 heteroatoms. The summed E-state index contributed by atoms with van der Waals surface area (Å²) in [6.07, 6.45) is 2.10. The second kappa shape index (κ2) is 2.46. The molecular formula is C6H12O2. The van der Waals surface area contributed by atoms with E-state index in [1.54, 1.807) is 6.92 Å². The van der Waals surface area contributed by atoms with Gasteiger partial charge in [0.15, 0.2) is 0 Å². The molecule has 0 radical (unpaired) electrons. The van der Waals surface area contributed by atoms with E-state index in [2.05, 4.69) is 0 Å². The van der Waals surface area contributed by atoms with Gasteiger partial charge in [-0.1, -0.05) is 0 Å². The van der Waals surface area contributed by atoms with E-state index in [-0.39, 0.29) is 6.10 Å². The van der Waals surface area contributed by atoms with Crippen LogP contribution in [0.15, 0.2) is 0 Å². The van der Waals surface area contributed by atoms with Crippen LogP contribution in [-0.4, -0.2) is 23.9 Å². The van der Waals surface area contributed by atoms with Gasteiger partial charge in [0.1, 0.15) is 0 Å². The van der Waals surface area contributed by atoms with Crippen molar-refractivity contribution in [1.29, 1.82) is 0 Å². The van der Waals surface area contributed by atoms with Gasteiger partial charge in [-0.2, -0.15) is 0 Å². The van der Waals surface area contributed by atoms with Crippen molar-refractivity contribution in [2.45, 2.75) is 32.0 Å². The van der Waals surface area contributed by atoms with Crippen molar-refractivity contribution in [1.82, 2.24) is 0 Å². The lowest BCUT2D eigenvalue weighted by atomic mass is 10.1. The summed E-state index contributed by atoms with van der Waals surface area (Å²) >= 11 is 0. The van der Waals surface area contributed by atoms with Crippen LogP contribution in [0.1, 0.15) is 19.8 Å². The molecule has 2 unspecified atom stereocenters. The fraction of sp³-hybridized carbons (Fsp3) is 1.00. The van der Waals surface area contributed by atoms with Gasteiger partial charge in [0.25, 0.3) is 0 Å². The predicted molar refractivity (Wildman–Crippen MR) is 30.7 cm³/mol. The molecule has 1 aliphatic heterocycles. The Bertz CT molecular complexity index is 66.9. The summed E-state index contributed by atoms with van der Waals surface area (Å²) < 4.78 is 5.08. The maximum atomic E-state index is 8.81. The molecule has 1 aliphatic rings. The first-order valence-corrected chi connectivity index (χ1v) is 3.08. The summed E-state index contributed by atoms with van der Waals surface area (Å²) in [5.41, 5.74) is 0. The lowest BCUT2D eigenvalue weighted by molar-refractivity contribution is -0.0711. The molecule has 1 rings (SSSR count). The smallest absolute Gasteiger partial charge is 0.0621 e. The van der Waals surface area contributed by atoms with Crippen molar-refractivity contribution >= 4 is 0 Å². The Hall–Kier alpha value is -0.0800. The SMILES string of the molecule is CC(O)CC1CCO1. The minimum atomic E-state index is -0.194. The lowest BCUT2D eigenvalue weighted by Crippen LogP contribution is -2.29. The first-order valence-electron chi connectivity index (χ1n) is 3.08. The second-order valence-corrected chi connectivity index (χ2v) is 2.37. The molecule has 48 valence electrons. The summed E-state index contributed by atoms with van der Waals surface area (Å²) in [6.45, 7) is 2.68. The highest BCUT2D eigenvalue weighted by atomic mass is 16.5. The van der Waals surface area contributed by atoms with Crippen molar-refractivity contribution in [3.05, 3.63) is 0 Å². The Morgan fingerprint density at radius 3 is 2.62 bits per heavy atom. The summed E-state index contributed by atoms with van der Waals surface area (Å²) in [5.74, 6) is 0. The topological polar surface area (TPSA) is 29.5 Å². The molecule has 0 aliphatic carbocycles. The Kier molecular flexibility index (Phi) is 1.86. The fourth-order valence-electron chi connectivity index (χ4n) is 0.851. The molecule has 0 aromatic carbocycles. The molecule has 1 saturated heterocycles. The molecule has 0 saturated carbocycles. The van der Waals surface area contributed by atoms with Crippen LogP contribution in [0.3, 0.4) is 0 Å². The number of rotatable bonds is 2. The highest BCUT2D eigenvalue weighted by Gasteiger charge is 2.19. The summed E-state index contributed by atoms with van der Waals surface area (Å²) in [5, 5.41) is 8.81. The quantitative estimate of drug-likeness (QED) is 0.570. The molecule has 1 fully saturated rings. The van der Waals surface area contributed by atoms with Gasteiger partial charge >= 0.3 is 0 Å². The van der Waals surface area contributed by atoms with Crippen LogP contribution in [0, 0.1) is 0 Å². The van der Waals surface area contributed by atoms with E-state index in [0.29, 0.717) is 6.10 Å². The van der Waals surface area contributed by atoms with E-state index >= 15 is 0 Å². The van der Waals surface area contributed by atoms with Crippen LogP contribution in [0.2, 0.25) is 0 Å². The molecule has 0 spiro atoms. The van der Waals surface area contributed by atoms with Crippen molar-refractivity contribution in [3.8, 4) is 0 Å². The van der Waals surface area contributed by atoms with Crippen LogP contribution in [0.4, 0.5) is 0 Å². The Morgan fingerprint density at radius 1 is 1.88 bits per heavy atom. The third-order valence-electron chi connectivity index (χ3n) is 1.40. The van der Waals surface area contributed by atoms with Crippen molar-refractivity contribution in [2.75, 3.05) is 6.61 Å². The monoisotopic (exact) mass is 116 g/mol. The molecule has 2 nitrogen and oxygen atoms in total. The van der Waals surface area contributed by atoms with Gasteiger partial charge in [0, 0.05) is 6.61 Å². The number of aliphatic hydroxyl groups is 1. The molecule has 2 atom stereocenters. The summed E-state index contributed by atoms with van der Waals surface area (Å²) in [4.78, 5) is 0. The Morgan fingerprint density at radius 2 is 2.50 bits per heavy atom. The van der Waals surface area contributed by atoms with E-state index in [0.717, 1.165) is 19.4 Å².